The second-order valence-electron chi connectivity index (χ2n) is 2.89. The largest absolute Gasteiger partial charge is 0.143 e. The van der Waals surface area contributed by atoms with Gasteiger partial charge >= 0.3 is 0 Å². The van der Waals surface area contributed by atoms with Crippen molar-refractivity contribution >= 4 is 22.9 Å². The number of benzene rings is 1. The zero-order valence-corrected chi connectivity index (χ0v) is 9.05. The first-order valence-corrected chi connectivity index (χ1v) is 5.65. The molecule has 0 bridgehead atoms. The Morgan fingerprint density at radius 3 is 2.43 bits per heavy atom. The van der Waals surface area contributed by atoms with Crippen LogP contribution in [0.1, 0.15) is 15.6 Å². The molecule has 0 aliphatic rings. The lowest BCUT2D eigenvalue weighted by molar-refractivity contribution is 0.976. The second kappa shape index (κ2) is 4.53. The van der Waals surface area contributed by atoms with Crippen molar-refractivity contribution in [3.05, 3.63) is 45.9 Å². The van der Waals surface area contributed by atoms with Gasteiger partial charge in [-0.1, -0.05) is 41.7 Å². The molecule has 14 heavy (non-hydrogen) atoms. The Bertz CT molecular complexity index is 400. The minimum Gasteiger partial charge on any atom is -0.143 e. The van der Waals surface area contributed by atoms with E-state index >= 15 is 0 Å². The topological polar surface area (TPSA) is 25.8 Å². The zero-order chi connectivity index (χ0) is 9.80. The number of hydrogen-bond acceptors (Lipinski definition) is 3. The third-order valence-electron chi connectivity index (χ3n) is 1.82. The molecule has 0 aliphatic carbocycles. The molecule has 0 aliphatic heterocycles. The Morgan fingerprint density at radius 2 is 1.79 bits per heavy atom. The second-order valence-corrected chi connectivity index (χ2v) is 4.30. The Balaban J connectivity index is 2.11. The average molecular weight is 225 g/mol. The predicted octanol–water partition coefficient (Wildman–Crippen LogP) is 2.87. The van der Waals surface area contributed by atoms with E-state index in [0.717, 1.165) is 16.4 Å². The maximum atomic E-state index is 5.65. The minimum absolute atomic E-state index is 0.451. The number of halogens is 1. The molecule has 0 unspecified atom stereocenters. The van der Waals surface area contributed by atoms with Crippen LogP contribution in [0, 0.1) is 0 Å². The molecule has 0 radical (unpaired) electrons. The third kappa shape index (κ3) is 2.30. The van der Waals surface area contributed by atoms with Crippen LogP contribution in [0.3, 0.4) is 0 Å². The molecule has 1 aromatic carbocycles. The monoisotopic (exact) mass is 224 g/mol. The van der Waals surface area contributed by atoms with Gasteiger partial charge in [0.25, 0.3) is 0 Å². The summed E-state index contributed by atoms with van der Waals surface area (Å²) < 4.78 is 0. The Morgan fingerprint density at radius 1 is 1.07 bits per heavy atom. The van der Waals surface area contributed by atoms with Gasteiger partial charge in [0.2, 0.25) is 0 Å². The summed E-state index contributed by atoms with van der Waals surface area (Å²) in [4.78, 5) is 0. The van der Waals surface area contributed by atoms with Crippen molar-refractivity contribution in [3.8, 4) is 0 Å². The van der Waals surface area contributed by atoms with Crippen molar-refractivity contribution in [1.82, 2.24) is 10.2 Å². The lowest BCUT2D eigenvalue weighted by atomic mass is 10.2. The van der Waals surface area contributed by atoms with Gasteiger partial charge in [-0.3, -0.25) is 0 Å². The predicted molar refractivity (Wildman–Crippen MR) is 58.7 cm³/mol. The lowest BCUT2D eigenvalue weighted by Gasteiger charge is -1.94. The summed E-state index contributed by atoms with van der Waals surface area (Å²) in [6.45, 7) is 0. The molecule has 0 saturated heterocycles. The lowest BCUT2D eigenvalue weighted by Crippen LogP contribution is -1.85. The van der Waals surface area contributed by atoms with E-state index < -0.39 is 0 Å². The average Bonchev–Trinajstić information content (AvgIpc) is 2.67. The normalized spacial score (nSPS) is 10.4. The van der Waals surface area contributed by atoms with Crippen LogP contribution in [-0.2, 0) is 12.3 Å². The van der Waals surface area contributed by atoms with Crippen molar-refractivity contribution in [2.75, 3.05) is 0 Å². The summed E-state index contributed by atoms with van der Waals surface area (Å²) in [6, 6.07) is 10.2. The number of rotatable bonds is 3. The number of nitrogens with zero attached hydrogens (tertiary/aromatic N) is 2. The van der Waals surface area contributed by atoms with Gasteiger partial charge in [0.05, 0.1) is 5.88 Å². The van der Waals surface area contributed by atoms with E-state index in [1.54, 1.807) is 11.3 Å². The van der Waals surface area contributed by atoms with Crippen LogP contribution in [-0.4, -0.2) is 10.2 Å². The van der Waals surface area contributed by atoms with Crippen LogP contribution in [0.25, 0.3) is 0 Å². The third-order valence-corrected chi connectivity index (χ3v) is 3.16. The van der Waals surface area contributed by atoms with Crippen LogP contribution in [0.2, 0.25) is 0 Å². The van der Waals surface area contributed by atoms with E-state index in [-0.39, 0.29) is 0 Å². The molecule has 2 rings (SSSR count). The minimum atomic E-state index is 0.451. The van der Waals surface area contributed by atoms with Crippen LogP contribution in [0.5, 0.6) is 0 Å². The van der Waals surface area contributed by atoms with Crippen molar-refractivity contribution < 1.29 is 0 Å². The van der Waals surface area contributed by atoms with Crippen LogP contribution in [0.15, 0.2) is 30.3 Å². The molecule has 0 atom stereocenters. The first-order chi connectivity index (χ1) is 6.88. The first-order valence-electron chi connectivity index (χ1n) is 4.29. The highest BCUT2D eigenvalue weighted by atomic mass is 35.5. The van der Waals surface area contributed by atoms with Gasteiger partial charge in [0, 0.05) is 6.42 Å². The fraction of sp³-hybridized carbons (Fsp3) is 0.200. The van der Waals surface area contributed by atoms with Gasteiger partial charge in [0.15, 0.2) is 0 Å². The van der Waals surface area contributed by atoms with Gasteiger partial charge in [-0.25, -0.2) is 0 Å². The summed E-state index contributed by atoms with van der Waals surface area (Å²) in [5.74, 6) is 0.451. The molecular formula is C10H9ClN2S. The van der Waals surface area contributed by atoms with E-state index in [4.69, 9.17) is 11.6 Å². The molecule has 4 heteroatoms. The first kappa shape index (κ1) is 9.62. The highest BCUT2D eigenvalue weighted by Crippen LogP contribution is 2.15. The van der Waals surface area contributed by atoms with Gasteiger partial charge < -0.3 is 0 Å². The van der Waals surface area contributed by atoms with Crippen LogP contribution < -0.4 is 0 Å². The van der Waals surface area contributed by atoms with Crippen molar-refractivity contribution in [2.24, 2.45) is 0 Å². The highest BCUT2D eigenvalue weighted by molar-refractivity contribution is 7.11. The number of aromatic nitrogens is 2. The fourth-order valence-electron chi connectivity index (χ4n) is 1.18. The van der Waals surface area contributed by atoms with E-state index in [0.29, 0.717) is 5.88 Å². The molecule has 0 amide bonds. The van der Waals surface area contributed by atoms with Gasteiger partial charge in [-0.2, -0.15) is 0 Å². The molecule has 0 fully saturated rings. The van der Waals surface area contributed by atoms with Gasteiger partial charge in [-0.15, -0.1) is 21.8 Å². The maximum absolute atomic E-state index is 5.65. The Hall–Kier alpha value is -0.930. The van der Waals surface area contributed by atoms with Gasteiger partial charge in [-0.05, 0) is 5.56 Å². The molecule has 0 spiro atoms. The molecule has 2 nitrogen and oxygen atoms in total. The molecule has 0 N–H and O–H groups in total. The smallest absolute Gasteiger partial charge is 0.132 e. The molecule has 1 heterocycles. The Labute approximate surface area is 91.6 Å². The van der Waals surface area contributed by atoms with E-state index in [1.807, 2.05) is 18.2 Å². The molecule has 0 saturated carbocycles. The Kier molecular flexibility index (Phi) is 3.11. The van der Waals surface area contributed by atoms with E-state index in [1.165, 1.54) is 5.56 Å². The summed E-state index contributed by atoms with van der Waals surface area (Å²) >= 11 is 7.22. The molecular weight excluding hydrogens is 216 g/mol. The standard InChI is InChI=1S/C10H9ClN2S/c11-7-10-13-12-9(14-10)6-8-4-2-1-3-5-8/h1-5H,6-7H2. The summed E-state index contributed by atoms with van der Waals surface area (Å²) in [5.41, 5.74) is 1.25. The number of alkyl halides is 1. The van der Waals surface area contributed by atoms with E-state index in [2.05, 4.69) is 22.3 Å². The fourth-order valence-corrected chi connectivity index (χ4v) is 2.13. The highest BCUT2D eigenvalue weighted by Gasteiger charge is 2.03. The summed E-state index contributed by atoms with van der Waals surface area (Å²) in [7, 11) is 0. The van der Waals surface area contributed by atoms with E-state index in [9.17, 15) is 0 Å². The van der Waals surface area contributed by atoms with Crippen LogP contribution in [0.4, 0.5) is 0 Å². The molecule has 72 valence electrons. The van der Waals surface area contributed by atoms with Gasteiger partial charge in [0.1, 0.15) is 10.0 Å². The SMILES string of the molecule is ClCc1nnc(Cc2ccccc2)s1. The van der Waals surface area contributed by atoms with Crippen molar-refractivity contribution in [3.63, 3.8) is 0 Å². The molecule has 2 aromatic rings. The van der Waals surface area contributed by atoms with Crippen molar-refractivity contribution in [2.45, 2.75) is 12.3 Å². The zero-order valence-electron chi connectivity index (χ0n) is 7.48. The number of hydrogen-bond donors (Lipinski definition) is 0. The van der Waals surface area contributed by atoms with Crippen LogP contribution >= 0.6 is 22.9 Å². The summed E-state index contributed by atoms with van der Waals surface area (Å²) in [6.07, 6.45) is 0.843. The maximum Gasteiger partial charge on any atom is 0.132 e. The summed E-state index contributed by atoms with van der Waals surface area (Å²) in [5, 5.41) is 9.94. The van der Waals surface area contributed by atoms with Crippen molar-refractivity contribution in [1.29, 1.82) is 0 Å². The molecule has 1 aromatic heterocycles. The quantitative estimate of drug-likeness (QED) is 0.750.